The quantitative estimate of drug-likeness (QED) is 0.898. The zero-order valence-electron chi connectivity index (χ0n) is 13.2. The fraction of sp³-hybridized carbons (Fsp3) is 0.812. The number of aromatic amines is 1. The third-order valence-electron chi connectivity index (χ3n) is 5.22. The molecule has 118 valence electrons. The van der Waals surface area contributed by atoms with Crippen LogP contribution in [0.1, 0.15) is 31.4 Å². The summed E-state index contributed by atoms with van der Waals surface area (Å²) < 4.78 is 5.20. The van der Waals surface area contributed by atoms with Gasteiger partial charge in [-0.15, -0.1) is 0 Å². The van der Waals surface area contributed by atoms with Crippen LogP contribution in [0.5, 0.6) is 0 Å². The Bertz CT molecular complexity index is 412. The Labute approximate surface area is 127 Å². The van der Waals surface area contributed by atoms with E-state index >= 15 is 0 Å². The Morgan fingerprint density at radius 1 is 1.24 bits per heavy atom. The van der Waals surface area contributed by atoms with Gasteiger partial charge in [-0.1, -0.05) is 0 Å². The van der Waals surface area contributed by atoms with Gasteiger partial charge in [0, 0.05) is 38.6 Å². The maximum Gasteiger partial charge on any atom is 0.0922 e. The monoisotopic (exact) mass is 292 g/mol. The minimum Gasteiger partial charge on any atom is -0.383 e. The Kier molecular flexibility index (Phi) is 4.93. The molecule has 0 saturated carbocycles. The fourth-order valence-corrected chi connectivity index (χ4v) is 3.94. The van der Waals surface area contributed by atoms with Gasteiger partial charge in [-0.2, -0.15) is 0 Å². The fourth-order valence-electron chi connectivity index (χ4n) is 3.94. The van der Waals surface area contributed by atoms with Crippen molar-refractivity contribution in [2.24, 2.45) is 5.41 Å². The summed E-state index contributed by atoms with van der Waals surface area (Å²) in [6.07, 6.45) is 9.17. The first-order valence-electron chi connectivity index (χ1n) is 8.21. The molecule has 2 saturated heterocycles. The van der Waals surface area contributed by atoms with Gasteiger partial charge >= 0.3 is 0 Å². The van der Waals surface area contributed by atoms with Crippen molar-refractivity contribution >= 4 is 0 Å². The standard InChI is InChI=1S/C16H28N4O/c1-21-10-9-19-7-4-16(5-8-19)3-2-6-20(13-16)12-15-11-17-14-18-15/h11,14H,2-10,12-13H2,1H3,(H,17,18). The van der Waals surface area contributed by atoms with Crippen LogP contribution in [-0.2, 0) is 11.3 Å². The number of hydrogen-bond acceptors (Lipinski definition) is 4. The number of hydrogen-bond donors (Lipinski definition) is 1. The maximum atomic E-state index is 5.20. The van der Waals surface area contributed by atoms with E-state index in [2.05, 4.69) is 19.8 Å². The Balaban J connectivity index is 1.51. The number of piperidine rings is 2. The molecule has 0 amide bonds. The van der Waals surface area contributed by atoms with Gasteiger partial charge in [-0.25, -0.2) is 4.98 Å². The van der Waals surface area contributed by atoms with Crippen molar-refractivity contribution in [3.05, 3.63) is 18.2 Å². The molecule has 0 radical (unpaired) electrons. The van der Waals surface area contributed by atoms with E-state index in [1.54, 1.807) is 13.4 Å². The lowest BCUT2D eigenvalue weighted by Crippen LogP contribution is -2.49. The van der Waals surface area contributed by atoms with Crippen molar-refractivity contribution in [2.45, 2.75) is 32.2 Å². The van der Waals surface area contributed by atoms with Gasteiger partial charge in [-0.05, 0) is 50.7 Å². The number of imidazole rings is 1. The van der Waals surface area contributed by atoms with E-state index in [0.717, 1.165) is 19.7 Å². The number of nitrogens with one attached hydrogen (secondary N) is 1. The van der Waals surface area contributed by atoms with E-state index in [9.17, 15) is 0 Å². The molecule has 0 aliphatic carbocycles. The maximum absolute atomic E-state index is 5.20. The SMILES string of the molecule is COCCN1CCC2(CCCN(Cc3cnc[nH]3)C2)CC1. The van der Waals surface area contributed by atoms with Gasteiger partial charge in [0.1, 0.15) is 0 Å². The van der Waals surface area contributed by atoms with Gasteiger partial charge in [0.25, 0.3) is 0 Å². The molecule has 2 aliphatic rings. The second-order valence-electron chi connectivity index (χ2n) is 6.73. The summed E-state index contributed by atoms with van der Waals surface area (Å²) in [5.74, 6) is 0. The molecule has 2 fully saturated rings. The van der Waals surface area contributed by atoms with E-state index < -0.39 is 0 Å². The van der Waals surface area contributed by atoms with Gasteiger partial charge in [0.15, 0.2) is 0 Å². The molecule has 1 aromatic rings. The number of aromatic nitrogens is 2. The Hall–Kier alpha value is -0.910. The first kappa shape index (κ1) is 15.0. The van der Waals surface area contributed by atoms with Gasteiger partial charge in [0.2, 0.25) is 0 Å². The van der Waals surface area contributed by atoms with Crippen molar-refractivity contribution in [1.29, 1.82) is 0 Å². The van der Waals surface area contributed by atoms with Crippen LogP contribution in [-0.4, -0.2) is 66.2 Å². The lowest BCUT2D eigenvalue weighted by Gasteiger charge is -2.47. The highest BCUT2D eigenvalue weighted by atomic mass is 16.5. The highest BCUT2D eigenvalue weighted by Crippen LogP contribution is 2.40. The smallest absolute Gasteiger partial charge is 0.0922 e. The summed E-state index contributed by atoms with van der Waals surface area (Å²) in [5, 5.41) is 0. The number of methoxy groups -OCH3 is 1. The number of nitrogens with zero attached hydrogens (tertiary/aromatic N) is 3. The normalized spacial score (nSPS) is 23.7. The molecule has 0 aromatic carbocycles. The number of ether oxygens (including phenoxy) is 1. The molecule has 1 N–H and O–H groups in total. The molecule has 0 unspecified atom stereocenters. The molecule has 3 heterocycles. The van der Waals surface area contributed by atoms with Crippen LogP contribution in [0.2, 0.25) is 0 Å². The lowest BCUT2D eigenvalue weighted by molar-refractivity contribution is 0.0141. The average molecular weight is 292 g/mol. The van der Waals surface area contributed by atoms with E-state index in [1.165, 1.54) is 57.6 Å². The summed E-state index contributed by atoms with van der Waals surface area (Å²) in [4.78, 5) is 12.5. The van der Waals surface area contributed by atoms with Crippen molar-refractivity contribution in [3.63, 3.8) is 0 Å². The molecule has 3 rings (SSSR count). The van der Waals surface area contributed by atoms with Crippen LogP contribution in [0.25, 0.3) is 0 Å². The molecule has 5 nitrogen and oxygen atoms in total. The number of H-pyrrole nitrogens is 1. The Morgan fingerprint density at radius 3 is 2.81 bits per heavy atom. The van der Waals surface area contributed by atoms with Crippen LogP contribution in [0, 0.1) is 5.41 Å². The zero-order chi connectivity index (χ0) is 14.5. The van der Waals surface area contributed by atoms with Gasteiger partial charge in [-0.3, -0.25) is 4.90 Å². The summed E-state index contributed by atoms with van der Waals surface area (Å²) in [6, 6.07) is 0. The average Bonchev–Trinajstić information content (AvgIpc) is 3.00. The molecule has 21 heavy (non-hydrogen) atoms. The van der Waals surface area contributed by atoms with Crippen LogP contribution in [0.3, 0.4) is 0 Å². The topological polar surface area (TPSA) is 44.4 Å². The summed E-state index contributed by atoms with van der Waals surface area (Å²) in [5.41, 5.74) is 1.80. The first-order valence-corrected chi connectivity index (χ1v) is 8.21. The zero-order valence-corrected chi connectivity index (χ0v) is 13.2. The van der Waals surface area contributed by atoms with Crippen molar-refractivity contribution in [1.82, 2.24) is 19.8 Å². The van der Waals surface area contributed by atoms with E-state index in [0.29, 0.717) is 5.41 Å². The molecule has 0 atom stereocenters. The van der Waals surface area contributed by atoms with Crippen molar-refractivity contribution in [3.8, 4) is 0 Å². The molecule has 5 heteroatoms. The van der Waals surface area contributed by atoms with Crippen LogP contribution in [0.4, 0.5) is 0 Å². The van der Waals surface area contributed by atoms with Crippen molar-refractivity contribution in [2.75, 3.05) is 46.4 Å². The number of likely N-dealkylation sites (tertiary alicyclic amines) is 2. The van der Waals surface area contributed by atoms with E-state index in [-0.39, 0.29) is 0 Å². The molecular formula is C16H28N4O. The predicted molar refractivity (Wildman–Crippen MR) is 83.1 cm³/mol. The van der Waals surface area contributed by atoms with Gasteiger partial charge < -0.3 is 14.6 Å². The first-order chi connectivity index (χ1) is 10.3. The summed E-state index contributed by atoms with van der Waals surface area (Å²) in [6.45, 7) is 7.93. The largest absolute Gasteiger partial charge is 0.383 e. The van der Waals surface area contributed by atoms with E-state index in [4.69, 9.17) is 4.74 Å². The van der Waals surface area contributed by atoms with Crippen molar-refractivity contribution < 1.29 is 4.74 Å². The molecule has 1 aromatic heterocycles. The third-order valence-corrected chi connectivity index (χ3v) is 5.22. The van der Waals surface area contributed by atoms with Crippen LogP contribution in [0.15, 0.2) is 12.5 Å². The minimum atomic E-state index is 0.557. The second kappa shape index (κ2) is 6.90. The minimum absolute atomic E-state index is 0.557. The summed E-state index contributed by atoms with van der Waals surface area (Å²) in [7, 11) is 1.79. The lowest BCUT2D eigenvalue weighted by atomic mass is 9.72. The van der Waals surface area contributed by atoms with Crippen LogP contribution >= 0.6 is 0 Å². The van der Waals surface area contributed by atoms with Crippen LogP contribution < -0.4 is 0 Å². The highest BCUT2D eigenvalue weighted by molar-refractivity contribution is 4.97. The molecule has 2 aliphatic heterocycles. The van der Waals surface area contributed by atoms with Gasteiger partial charge in [0.05, 0.1) is 12.9 Å². The highest BCUT2D eigenvalue weighted by Gasteiger charge is 2.38. The van der Waals surface area contributed by atoms with E-state index in [1.807, 2.05) is 6.20 Å². The Morgan fingerprint density at radius 2 is 2.10 bits per heavy atom. The number of rotatable bonds is 5. The third kappa shape index (κ3) is 3.84. The molecular weight excluding hydrogens is 264 g/mol. The molecule has 1 spiro atoms. The summed E-state index contributed by atoms with van der Waals surface area (Å²) >= 11 is 0. The second-order valence-corrected chi connectivity index (χ2v) is 6.73. The predicted octanol–water partition coefficient (Wildman–Crippen LogP) is 1.73. The molecule has 0 bridgehead atoms.